The lowest BCUT2D eigenvalue weighted by molar-refractivity contribution is -0.126. The highest BCUT2D eigenvalue weighted by atomic mass is 79.9. The summed E-state index contributed by atoms with van der Waals surface area (Å²) < 4.78 is 11.5. The fourth-order valence-corrected chi connectivity index (χ4v) is 3.84. The van der Waals surface area contributed by atoms with Crippen molar-refractivity contribution in [1.82, 2.24) is 9.88 Å². The Balaban J connectivity index is 1.89. The number of hydrogen-bond acceptors (Lipinski definition) is 5. The Morgan fingerprint density at radius 1 is 1.33 bits per heavy atom. The van der Waals surface area contributed by atoms with Gasteiger partial charge in [0.15, 0.2) is 0 Å². The first kappa shape index (κ1) is 19.9. The molecular formula is C19H24BrN3O4. The van der Waals surface area contributed by atoms with Crippen molar-refractivity contribution in [2.24, 2.45) is 0 Å². The second kappa shape index (κ2) is 8.00. The Labute approximate surface area is 166 Å². The van der Waals surface area contributed by atoms with E-state index in [9.17, 15) is 9.59 Å². The number of nitrogens with zero attached hydrogens (tertiary/aromatic N) is 1. The number of fused-ring (bicyclic) bond motifs is 1. The summed E-state index contributed by atoms with van der Waals surface area (Å²) in [5, 5.41) is 3.67. The maximum Gasteiger partial charge on any atom is 0.356 e. The lowest BCUT2D eigenvalue weighted by Crippen LogP contribution is -2.52. The number of nitrogens with one attached hydrogen (secondary N) is 2. The molecule has 146 valence electrons. The van der Waals surface area contributed by atoms with Gasteiger partial charge in [-0.05, 0) is 39.0 Å². The molecule has 2 aromatic rings. The smallest absolute Gasteiger partial charge is 0.356 e. The fraction of sp³-hybridized carbons (Fsp3) is 0.474. The molecule has 3 atom stereocenters. The number of anilines is 1. The van der Waals surface area contributed by atoms with Gasteiger partial charge in [-0.3, -0.25) is 9.69 Å². The number of carbonyl (C=O) groups excluding carboxylic acids is 2. The summed E-state index contributed by atoms with van der Waals surface area (Å²) in [5.74, 6) is -0.707. The van der Waals surface area contributed by atoms with E-state index in [1.54, 1.807) is 0 Å². The third kappa shape index (κ3) is 4.17. The highest BCUT2D eigenvalue weighted by molar-refractivity contribution is 9.10. The molecule has 0 bridgehead atoms. The minimum Gasteiger partial charge on any atom is -0.464 e. The van der Waals surface area contributed by atoms with E-state index >= 15 is 0 Å². The summed E-state index contributed by atoms with van der Waals surface area (Å²) in [6.07, 6.45) is 0.136. The third-order valence-electron chi connectivity index (χ3n) is 4.77. The number of benzene rings is 1. The predicted molar refractivity (Wildman–Crippen MR) is 107 cm³/mol. The molecule has 3 rings (SSSR count). The molecule has 1 aromatic heterocycles. The van der Waals surface area contributed by atoms with Crippen molar-refractivity contribution in [2.75, 3.05) is 25.5 Å². The van der Waals surface area contributed by atoms with Crippen LogP contribution in [0.25, 0.3) is 10.9 Å². The first-order valence-electron chi connectivity index (χ1n) is 8.90. The molecule has 0 unspecified atom stereocenters. The van der Waals surface area contributed by atoms with E-state index in [1.807, 2.05) is 39.0 Å². The third-order valence-corrected chi connectivity index (χ3v) is 5.27. The highest BCUT2D eigenvalue weighted by Crippen LogP contribution is 2.31. The van der Waals surface area contributed by atoms with Crippen LogP contribution in [0, 0.1) is 0 Å². The molecule has 1 aliphatic rings. The van der Waals surface area contributed by atoms with Crippen molar-refractivity contribution in [3.05, 3.63) is 28.4 Å². The number of amides is 1. The quantitative estimate of drug-likeness (QED) is 0.717. The van der Waals surface area contributed by atoms with Crippen LogP contribution in [0.2, 0.25) is 0 Å². The van der Waals surface area contributed by atoms with Crippen LogP contribution in [-0.2, 0) is 14.3 Å². The summed E-state index contributed by atoms with van der Waals surface area (Å²) in [4.78, 5) is 30.3. The number of hydrogen-bond donors (Lipinski definition) is 2. The number of morpholine rings is 1. The van der Waals surface area contributed by atoms with Gasteiger partial charge >= 0.3 is 5.97 Å². The molecule has 0 aliphatic carbocycles. The standard InChI is InChI=1S/C19H24BrN3O4/c1-10-8-23(9-11(2)27-10)12(3)18(24)22-16-14-7-13(20)5-6-15(14)21-17(16)19(25)26-4/h5-7,10-12,21H,8-9H2,1-4H3,(H,22,24)/t10-,11-,12+/m1/s1. The number of H-pyrrole nitrogens is 1. The molecule has 7 nitrogen and oxygen atoms in total. The molecule has 0 spiro atoms. The zero-order valence-electron chi connectivity index (χ0n) is 15.8. The van der Waals surface area contributed by atoms with Crippen LogP contribution >= 0.6 is 15.9 Å². The summed E-state index contributed by atoms with van der Waals surface area (Å²) in [7, 11) is 1.31. The van der Waals surface area contributed by atoms with Crippen molar-refractivity contribution in [2.45, 2.75) is 39.0 Å². The maximum atomic E-state index is 12.9. The molecule has 1 saturated heterocycles. The lowest BCUT2D eigenvalue weighted by atomic mass is 10.1. The summed E-state index contributed by atoms with van der Waals surface area (Å²) in [6, 6.07) is 5.21. The average Bonchev–Trinajstić information content (AvgIpc) is 2.97. The van der Waals surface area contributed by atoms with E-state index in [0.717, 1.165) is 15.4 Å². The van der Waals surface area contributed by atoms with Gasteiger partial charge in [-0.2, -0.15) is 0 Å². The van der Waals surface area contributed by atoms with Gasteiger partial charge in [0.1, 0.15) is 5.69 Å². The lowest BCUT2D eigenvalue weighted by Gasteiger charge is -2.38. The van der Waals surface area contributed by atoms with Crippen LogP contribution in [0.3, 0.4) is 0 Å². The van der Waals surface area contributed by atoms with Crippen molar-refractivity contribution in [3.8, 4) is 0 Å². The molecular weight excluding hydrogens is 414 g/mol. The van der Waals surface area contributed by atoms with Crippen molar-refractivity contribution in [3.63, 3.8) is 0 Å². The van der Waals surface area contributed by atoms with Gasteiger partial charge in [-0.15, -0.1) is 0 Å². The van der Waals surface area contributed by atoms with E-state index in [1.165, 1.54) is 7.11 Å². The Kier molecular flexibility index (Phi) is 5.88. The number of aromatic nitrogens is 1. The van der Waals surface area contributed by atoms with Crippen LogP contribution in [0.5, 0.6) is 0 Å². The van der Waals surface area contributed by atoms with E-state index in [-0.39, 0.29) is 29.9 Å². The SMILES string of the molecule is COC(=O)c1[nH]c2ccc(Br)cc2c1NC(=O)[C@H](C)N1C[C@@H](C)O[C@H](C)C1. The van der Waals surface area contributed by atoms with Crippen molar-refractivity contribution >= 4 is 44.4 Å². The summed E-state index contributed by atoms with van der Waals surface area (Å²) in [6.45, 7) is 7.23. The van der Waals surface area contributed by atoms with E-state index in [2.05, 4.69) is 31.1 Å². The maximum absolute atomic E-state index is 12.9. The molecule has 1 amide bonds. The molecule has 8 heteroatoms. The van der Waals surface area contributed by atoms with E-state index in [0.29, 0.717) is 18.8 Å². The van der Waals surface area contributed by atoms with Crippen molar-refractivity contribution in [1.29, 1.82) is 0 Å². The number of methoxy groups -OCH3 is 1. The number of esters is 1. The fourth-order valence-electron chi connectivity index (χ4n) is 3.48. The molecule has 1 aromatic carbocycles. The number of carbonyl (C=O) groups is 2. The molecule has 1 fully saturated rings. The predicted octanol–water partition coefficient (Wildman–Crippen LogP) is 3.15. The van der Waals surface area contributed by atoms with Crippen LogP contribution in [-0.4, -0.2) is 60.2 Å². The zero-order valence-corrected chi connectivity index (χ0v) is 17.4. The molecule has 2 heterocycles. The van der Waals surface area contributed by atoms with Gasteiger partial charge in [-0.25, -0.2) is 4.79 Å². The topological polar surface area (TPSA) is 83.7 Å². The second-order valence-electron chi connectivity index (χ2n) is 6.93. The monoisotopic (exact) mass is 437 g/mol. The molecule has 0 radical (unpaired) electrons. The van der Waals surface area contributed by atoms with Gasteiger partial charge in [0.2, 0.25) is 5.91 Å². The zero-order chi connectivity index (χ0) is 19.7. The molecule has 0 saturated carbocycles. The second-order valence-corrected chi connectivity index (χ2v) is 7.85. The van der Waals surface area contributed by atoms with Gasteiger partial charge in [-0.1, -0.05) is 15.9 Å². The highest BCUT2D eigenvalue weighted by Gasteiger charge is 2.30. The van der Waals surface area contributed by atoms with E-state index < -0.39 is 5.97 Å². The van der Waals surface area contributed by atoms with Gasteiger partial charge in [0.05, 0.1) is 31.0 Å². The van der Waals surface area contributed by atoms with Crippen molar-refractivity contribution < 1.29 is 19.1 Å². The normalized spacial score (nSPS) is 21.8. The Hall–Kier alpha value is -1.90. The van der Waals surface area contributed by atoms with Crippen LogP contribution in [0.4, 0.5) is 5.69 Å². The van der Waals surface area contributed by atoms with E-state index in [4.69, 9.17) is 9.47 Å². The molecule has 1 aliphatic heterocycles. The number of rotatable bonds is 4. The number of halogens is 1. The largest absolute Gasteiger partial charge is 0.464 e. The first-order chi connectivity index (χ1) is 12.8. The van der Waals surface area contributed by atoms with Gasteiger partial charge in [0, 0.05) is 28.5 Å². The van der Waals surface area contributed by atoms with Gasteiger partial charge < -0.3 is 19.8 Å². The Morgan fingerprint density at radius 2 is 2.00 bits per heavy atom. The summed E-state index contributed by atoms with van der Waals surface area (Å²) in [5.41, 5.74) is 1.41. The summed E-state index contributed by atoms with van der Waals surface area (Å²) >= 11 is 3.44. The molecule has 2 N–H and O–H groups in total. The Bertz CT molecular complexity index is 856. The minimum atomic E-state index is -0.529. The Morgan fingerprint density at radius 3 is 2.63 bits per heavy atom. The van der Waals surface area contributed by atoms with Crippen LogP contribution < -0.4 is 5.32 Å². The van der Waals surface area contributed by atoms with Crippen LogP contribution in [0.15, 0.2) is 22.7 Å². The number of ether oxygens (including phenoxy) is 2. The average molecular weight is 438 g/mol. The first-order valence-corrected chi connectivity index (χ1v) is 9.69. The minimum absolute atomic E-state index is 0.0682. The van der Waals surface area contributed by atoms with Gasteiger partial charge in [0.25, 0.3) is 0 Å². The molecule has 27 heavy (non-hydrogen) atoms. The van der Waals surface area contributed by atoms with Crippen LogP contribution in [0.1, 0.15) is 31.3 Å². The number of aromatic amines is 1.